The van der Waals surface area contributed by atoms with Crippen molar-refractivity contribution in [1.82, 2.24) is 4.90 Å². The number of ether oxygens (including phenoxy) is 1. The minimum Gasteiger partial charge on any atom is -0.497 e. The van der Waals surface area contributed by atoms with E-state index >= 15 is 0 Å². The Morgan fingerprint density at radius 1 is 1.21 bits per heavy atom. The predicted molar refractivity (Wildman–Crippen MR) is 97.9 cm³/mol. The van der Waals surface area contributed by atoms with Gasteiger partial charge in [0.05, 0.1) is 13.5 Å². The van der Waals surface area contributed by atoms with Gasteiger partial charge in [0.1, 0.15) is 5.75 Å². The second-order valence-electron chi connectivity index (χ2n) is 6.84. The van der Waals surface area contributed by atoms with Crippen LogP contribution in [-0.4, -0.2) is 35.5 Å². The molecule has 3 rings (SSSR count). The zero-order valence-corrected chi connectivity index (χ0v) is 15.4. The monoisotopic (exact) mass is 389 g/mol. The van der Waals surface area contributed by atoms with Crippen LogP contribution in [0.15, 0.2) is 42.5 Å². The third kappa shape index (κ3) is 4.47. The Hall–Kier alpha value is -2.96. The molecule has 1 fully saturated rings. The number of carboxylic acid groups (broad SMARTS) is 1. The summed E-state index contributed by atoms with van der Waals surface area (Å²) in [7, 11) is 1.57. The summed E-state index contributed by atoms with van der Waals surface area (Å²) in [5.74, 6) is -2.93. The summed E-state index contributed by atoms with van der Waals surface area (Å²) in [4.78, 5) is 25.2. The molecule has 1 amide bonds. The van der Waals surface area contributed by atoms with E-state index in [0.717, 1.165) is 11.6 Å². The fraction of sp³-hybridized carbons (Fsp3) is 0.333. The molecule has 1 aliphatic rings. The van der Waals surface area contributed by atoms with Gasteiger partial charge in [0, 0.05) is 24.6 Å². The number of halogens is 2. The first kappa shape index (κ1) is 19.8. The molecule has 2 aromatic carbocycles. The summed E-state index contributed by atoms with van der Waals surface area (Å²) in [6, 6.07) is 11.2. The molecule has 2 aromatic rings. The molecule has 28 heavy (non-hydrogen) atoms. The summed E-state index contributed by atoms with van der Waals surface area (Å²) in [5, 5.41) is 8.96. The topological polar surface area (TPSA) is 66.8 Å². The number of amides is 1. The average Bonchev–Trinajstić information content (AvgIpc) is 3.48. The number of rotatable bonds is 8. The van der Waals surface area contributed by atoms with Crippen LogP contribution in [-0.2, 0) is 16.1 Å². The van der Waals surface area contributed by atoms with Gasteiger partial charge in [-0.2, -0.15) is 0 Å². The molecular weight excluding hydrogens is 368 g/mol. The second kappa shape index (κ2) is 8.37. The summed E-state index contributed by atoms with van der Waals surface area (Å²) in [5.41, 5.74) is 0.991. The lowest BCUT2D eigenvalue weighted by molar-refractivity contribution is -0.139. The smallest absolute Gasteiger partial charge is 0.305 e. The average molecular weight is 389 g/mol. The maximum atomic E-state index is 14.0. The number of methoxy groups -OCH3 is 1. The van der Waals surface area contributed by atoms with Gasteiger partial charge in [0.25, 0.3) is 0 Å². The van der Waals surface area contributed by atoms with Gasteiger partial charge in [-0.25, -0.2) is 8.78 Å². The fourth-order valence-corrected chi connectivity index (χ4v) is 3.32. The molecule has 5 nitrogen and oxygen atoms in total. The largest absolute Gasteiger partial charge is 0.497 e. The molecule has 1 saturated carbocycles. The standard InChI is InChI=1S/C21H21F2NO4/c1-28-15-6-2-4-13(10-15)16-11-17(16)21(27)24(9-8-19(25)26)12-14-5-3-7-18(22)20(14)23/h2-7,10,16-17H,8-9,11-12H2,1H3,(H,25,26)/t16-,17-/m0/s1. The highest BCUT2D eigenvalue weighted by molar-refractivity contribution is 5.83. The van der Waals surface area contributed by atoms with Crippen LogP contribution in [0.1, 0.15) is 29.9 Å². The highest BCUT2D eigenvalue weighted by atomic mass is 19.2. The molecule has 7 heteroatoms. The van der Waals surface area contributed by atoms with Gasteiger partial charge in [-0.05, 0) is 36.1 Å². The first-order valence-corrected chi connectivity index (χ1v) is 8.98. The number of carbonyl (C=O) groups excluding carboxylic acids is 1. The van der Waals surface area contributed by atoms with Crippen molar-refractivity contribution in [1.29, 1.82) is 0 Å². The molecule has 0 aliphatic heterocycles. The Morgan fingerprint density at radius 2 is 1.96 bits per heavy atom. The second-order valence-corrected chi connectivity index (χ2v) is 6.84. The fourth-order valence-electron chi connectivity index (χ4n) is 3.32. The molecule has 0 spiro atoms. The zero-order chi connectivity index (χ0) is 20.3. The molecule has 0 radical (unpaired) electrons. The van der Waals surface area contributed by atoms with Crippen LogP contribution in [0.4, 0.5) is 8.78 Å². The number of benzene rings is 2. The van der Waals surface area contributed by atoms with Crippen LogP contribution in [0.5, 0.6) is 5.75 Å². The van der Waals surface area contributed by atoms with Crippen LogP contribution in [0.25, 0.3) is 0 Å². The lowest BCUT2D eigenvalue weighted by Crippen LogP contribution is -2.34. The van der Waals surface area contributed by atoms with E-state index in [1.165, 1.54) is 17.0 Å². The van der Waals surface area contributed by atoms with Crippen molar-refractivity contribution in [2.24, 2.45) is 5.92 Å². The first-order valence-electron chi connectivity index (χ1n) is 8.98. The number of carboxylic acids is 1. The number of aliphatic carboxylic acids is 1. The third-order valence-electron chi connectivity index (χ3n) is 4.93. The maximum absolute atomic E-state index is 14.0. The number of nitrogens with zero attached hydrogens (tertiary/aromatic N) is 1. The molecule has 1 aliphatic carbocycles. The summed E-state index contributed by atoms with van der Waals surface area (Å²) < 4.78 is 32.7. The SMILES string of the molecule is COc1cccc([C@@H]2C[C@@H]2C(=O)N(CCC(=O)O)Cc2cccc(F)c2F)c1. The molecule has 148 valence electrons. The molecule has 2 atom stereocenters. The number of hydrogen-bond donors (Lipinski definition) is 1. The maximum Gasteiger partial charge on any atom is 0.305 e. The van der Waals surface area contributed by atoms with E-state index in [1.54, 1.807) is 7.11 Å². The van der Waals surface area contributed by atoms with Crippen LogP contribution in [0.3, 0.4) is 0 Å². The van der Waals surface area contributed by atoms with Crippen molar-refractivity contribution in [2.75, 3.05) is 13.7 Å². The van der Waals surface area contributed by atoms with E-state index in [1.807, 2.05) is 24.3 Å². The highest BCUT2D eigenvalue weighted by Gasteiger charge is 2.46. The quantitative estimate of drug-likeness (QED) is 0.749. The van der Waals surface area contributed by atoms with Gasteiger partial charge in [-0.15, -0.1) is 0 Å². The molecular formula is C21H21F2NO4. The van der Waals surface area contributed by atoms with Gasteiger partial charge in [-0.3, -0.25) is 9.59 Å². The van der Waals surface area contributed by atoms with Crippen LogP contribution >= 0.6 is 0 Å². The number of carbonyl (C=O) groups is 2. The van der Waals surface area contributed by atoms with Crippen LogP contribution in [0.2, 0.25) is 0 Å². The normalized spacial score (nSPS) is 17.8. The van der Waals surface area contributed by atoms with Gasteiger partial charge in [-0.1, -0.05) is 24.3 Å². The Labute approximate surface area is 161 Å². The van der Waals surface area contributed by atoms with E-state index in [-0.39, 0.29) is 42.8 Å². The van der Waals surface area contributed by atoms with E-state index in [9.17, 15) is 18.4 Å². The lowest BCUT2D eigenvalue weighted by atomic mass is 10.1. The Morgan fingerprint density at radius 3 is 2.68 bits per heavy atom. The lowest BCUT2D eigenvalue weighted by Gasteiger charge is -2.23. The molecule has 0 saturated heterocycles. The first-order chi connectivity index (χ1) is 13.4. The molecule has 1 N–H and O–H groups in total. The molecule has 0 aromatic heterocycles. The van der Waals surface area contributed by atoms with Crippen molar-refractivity contribution in [3.8, 4) is 5.75 Å². The van der Waals surface area contributed by atoms with Gasteiger partial charge < -0.3 is 14.7 Å². The summed E-state index contributed by atoms with van der Waals surface area (Å²) >= 11 is 0. The van der Waals surface area contributed by atoms with E-state index < -0.39 is 17.6 Å². The van der Waals surface area contributed by atoms with E-state index in [4.69, 9.17) is 9.84 Å². The molecule has 0 unspecified atom stereocenters. The molecule has 0 bridgehead atoms. The van der Waals surface area contributed by atoms with E-state index in [0.29, 0.717) is 12.2 Å². The van der Waals surface area contributed by atoms with Crippen molar-refractivity contribution in [2.45, 2.75) is 25.3 Å². The summed E-state index contributed by atoms with van der Waals surface area (Å²) in [6.45, 7) is -0.234. The Kier molecular flexibility index (Phi) is 5.92. The van der Waals surface area contributed by atoms with Crippen molar-refractivity contribution in [3.05, 3.63) is 65.2 Å². The predicted octanol–water partition coefficient (Wildman–Crippen LogP) is 3.58. The zero-order valence-electron chi connectivity index (χ0n) is 15.4. The molecule has 0 heterocycles. The minimum absolute atomic E-state index is 0.00674. The van der Waals surface area contributed by atoms with Crippen molar-refractivity contribution in [3.63, 3.8) is 0 Å². The van der Waals surface area contributed by atoms with Crippen LogP contribution in [0, 0.1) is 17.6 Å². The van der Waals surface area contributed by atoms with E-state index in [2.05, 4.69) is 0 Å². The number of hydrogen-bond acceptors (Lipinski definition) is 3. The third-order valence-corrected chi connectivity index (χ3v) is 4.93. The Balaban J connectivity index is 1.75. The minimum atomic E-state index is -1.06. The van der Waals surface area contributed by atoms with Gasteiger partial charge in [0.15, 0.2) is 11.6 Å². The summed E-state index contributed by atoms with van der Waals surface area (Å²) in [6.07, 6.45) is 0.362. The van der Waals surface area contributed by atoms with Gasteiger partial charge in [0.2, 0.25) is 5.91 Å². The van der Waals surface area contributed by atoms with Crippen molar-refractivity contribution >= 4 is 11.9 Å². The van der Waals surface area contributed by atoms with Crippen LogP contribution < -0.4 is 4.74 Å². The van der Waals surface area contributed by atoms with Gasteiger partial charge >= 0.3 is 5.97 Å². The van der Waals surface area contributed by atoms with Crippen molar-refractivity contribution < 1.29 is 28.2 Å². The highest BCUT2D eigenvalue weighted by Crippen LogP contribution is 2.49. The Bertz CT molecular complexity index is 886.